The summed E-state index contributed by atoms with van der Waals surface area (Å²) in [6, 6.07) is 0. The lowest BCUT2D eigenvalue weighted by molar-refractivity contribution is -0.155. The van der Waals surface area contributed by atoms with Crippen LogP contribution in [0.1, 0.15) is 39.2 Å². The van der Waals surface area contributed by atoms with Gasteiger partial charge in [0.2, 0.25) is 11.6 Å². The maximum absolute atomic E-state index is 13.8. The van der Waals surface area contributed by atoms with Gasteiger partial charge in [0.1, 0.15) is 11.4 Å². The summed E-state index contributed by atoms with van der Waals surface area (Å²) in [5.41, 5.74) is -1.78. The van der Waals surface area contributed by atoms with Gasteiger partial charge in [-0.05, 0) is 20.8 Å². The third-order valence-corrected chi connectivity index (χ3v) is 2.92. The molecule has 0 fully saturated rings. The minimum absolute atomic E-state index is 0.305. The van der Waals surface area contributed by atoms with Crippen LogP contribution < -0.4 is 4.74 Å². The topological polar surface area (TPSA) is 52.6 Å². The van der Waals surface area contributed by atoms with Crippen molar-refractivity contribution in [1.82, 2.24) is 0 Å². The van der Waals surface area contributed by atoms with Gasteiger partial charge in [-0.1, -0.05) is 0 Å². The van der Waals surface area contributed by atoms with Crippen molar-refractivity contribution in [3.63, 3.8) is 0 Å². The lowest BCUT2D eigenvalue weighted by atomic mass is 10.0. The second kappa shape index (κ2) is 7.63. The molecule has 0 amide bonds. The van der Waals surface area contributed by atoms with Crippen molar-refractivity contribution in [2.24, 2.45) is 0 Å². The van der Waals surface area contributed by atoms with Crippen molar-refractivity contribution in [3.8, 4) is 5.75 Å². The van der Waals surface area contributed by atoms with Crippen LogP contribution in [0.4, 0.5) is 17.6 Å². The molecule has 24 heavy (non-hydrogen) atoms. The van der Waals surface area contributed by atoms with Gasteiger partial charge in [0.05, 0.1) is 13.5 Å². The Labute approximate surface area is 136 Å². The first kappa shape index (κ1) is 19.9. The summed E-state index contributed by atoms with van der Waals surface area (Å²) in [6.45, 7) is 4.92. The molecule has 0 aliphatic heterocycles. The number of hydrogen-bond acceptors (Lipinski definition) is 4. The number of carbonyl (C=O) groups is 2. The fraction of sp³-hybridized carbons (Fsp3) is 0.500. The van der Waals surface area contributed by atoms with Gasteiger partial charge in [0.25, 0.3) is 0 Å². The SMILES string of the molecule is COc1c(F)c(F)c(CC(=O)CCC(=O)OC(C)(C)C)c(F)c1F. The first-order valence-electron chi connectivity index (χ1n) is 7.10. The molecule has 0 aromatic heterocycles. The predicted octanol–water partition coefficient (Wildman–Crippen LogP) is 3.49. The fourth-order valence-corrected chi connectivity index (χ4v) is 1.91. The maximum Gasteiger partial charge on any atom is 0.306 e. The molecule has 134 valence electrons. The number of ether oxygens (including phenoxy) is 2. The summed E-state index contributed by atoms with van der Waals surface area (Å²) in [7, 11) is 0.853. The van der Waals surface area contributed by atoms with Gasteiger partial charge in [-0.2, -0.15) is 8.78 Å². The first-order valence-corrected chi connectivity index (χ1v) is 7.10. The largest absolute Gasteiger partial charge is 0.491 e. The second-order valence-electron chi connectivity index (χ2n) is 6.07. The Bertz CT molecular complexity index is 621. The average molecular weight is 350 g/mol. The molecule has 0 aliphatic rings. The molecular formula is C16H18F4O4. The van der Waals surface area contributed by atoms with Crippen LogP contribution in [0, 0.1) is 23.3 Å². The van der Waals surface area contributed by atoms with Crippen LogP contribution in [0.25, 0.3) is 0 Å². The number of benzene rings is 1. The molecule has 8 heteroatoms. The highest BCUT2D eigenvalue weighted by atomic mass is 19.2. The summed E-state index contributed by atoms with van der Waals surface area (Å²) in [4.78, 5) is 23.2. The fourth-order valence-electron chi connectivity index (χ4n) is 1.91. The molecule has 0 unspecified atom stereocenters. The van der Waals surface area contributed by atoms with Gasteiger partial charge >= 0.3 is 5.97 Å². The summed E-state index contributed by atoms with van der Waals surface area (Å²) in [5.74, 6) is -9.45. The Morgan fingerprint density at radius 3 is 1.83 bits per heavy atom. The van der Waals surface area contributed by atoms with Gasteiger partial charge < -0.3 is 9.47 Å². The number of Topliss-reactive ketones (excluding diaryl/α,β-unsaturated/α-hetero) is 1. The molecule has 0 N–H and O–H groups in total. The summed E-state index contributed by atoms with van der Waals surface area (Å²) in [5, 5.41) is 0. The molecule has 0 spiro atoms. The lowest BCUT2D eigenvalue weighted by Crippen LogP contribution is -2.24. The Balaban J connectivity index is 2.83. The van der Waals surface area contributed by atoms with Crippen molar-refractivity contribution in [2.45, 2.75) is 45.6 Å². The van der Waals surface area contributed by atoms with E-state index in [1.807, 2.05) is 0 Å². The third kappa shape index (κ3) is 4.94. The molecule has 0 aliphatic carbocycles. The number of methoxy groups -OCH3 is 1. The zero-order valence-corrected chi connectivity index (χ0v) is 13.8. The van der Waals surface area contributed by atoms with Crippen molar-refractivity contribution >= 4 is 11.8 Å². The zero-order valence-electron chi connectivity index (χ0n) is 13.8. The molecule has 0 radical (unpaired) electrons. The predicted molar refractivity (Wildman–Crippen MR) is 76.6 cm³/mol. The highest BCUT2D eigenvalue weighted by Gasteiger charge is 2.27. The molecule has 0 saturated carbocycles. The lowest BCUT2D eigenvalue weighted by Gasteiger charge is -2.19. The van der Waals surface area contributed by atoms with Crippen molar-refractivity contribution < 1.29 is 36.6 Å². The smallest absolute Gasteiger partial charge is 0.306 e. The van der Waals surface area contributed by atoms with Crippen LogP contribution in [0.3, 0.4) is 0 Å². The van der Waals surface area contributed by atoms with Gasteiger partial charge in [-0.15, -0.1) is 0 Å². The highest BCUT2D eigenvalue weighted by Crippen LogP contribution is 2.30. The second-order valence-corrected chi connectivity index (χ2v) is 6.07. The van der Waals surface area contributed by atoms with E-state index >= 15 is 0 Å². The Morgan fingerprint density at radius 1 is 0.917 bits per heavy atom. The highest BCUT2D eigenvalue weighted by molar-refractivity contribution is 5.84. The Morgan fingerprint density at radius 2 is 1.42 bits per heavy atom. The van der Waals surface area contributed by atoms with E-state index in [0.29, 0.717) is 0 Å². The molecule has 0 heterocycles. The van der Waals surface area contributed by atoms with Crippen LogP contribution >= 0.6 is 0 Å². The van der Waals surface area contributed by atoms with Crippen LogP contribution in [-0.4, -0.2) is 24.5 Å². The van der Waals surface area contributed by atoms with E-state index < -0.39 is 58.4 Å². The zero-order chi connectivity index (χ0) is 18.7. The van der Waals surface area contributed by atoms with Gasteiger partial charge in [-0.25, -0.2) is 8.78 Å². The van der Waals surface area contributed by atoms with E-state index in [-0.39, 0.29) is 12.8 Å². The third-order valence-electron chi connectivity index (χ3n) is 2.92. The number of halogens is 4. The standard InChI is InChI=1S/C16H18F4O4/c1-16(2,3)24-10(22)6-5-8(21)7-9-11(17)13(19)15(23-4)14(20)12(9)18/h5-7H2,1-4H3. The molecule has 1 aromatic rings. The van der Waals surface area contributed by atoms with E-state index in [2.05, 4.69) is 4.74 Å². The Kier molecular flexibility index (Phi) is 6.34. The minimum atomic E-state index is -1.72. The molecule has 1 aromatic carbocycles. The Hall–Kier alpha value is -2.12. The number of ketones is 1. The number of carbonyl (C=O) groups excluding carboxylic acids is 2. The maximum atomic E-state index is 13.8. The number of hydrogen-bond donors (Lipinski definition) is 0. The van der Waals surface area contributed by atoms with Crippen molar-refractivity contribution in [2.75, 3.05) is 7.11 Å². The van der Waals surface area contributed by atoms with Crippen molar-refractivity contribution in [1.29, 1.82) is 0 Å². The normalized spacial score (nSPS) is 11.3. The van der Waals surface area contributed by atoms with Crippen LogP contribution in [0.2, 0.25) is 0 Å². The summed E-state index contributed by atoms with van der Waals surface area (Å²) >= 11 is 0. The monoisotopic (exact) mass is 350 g/mol. The molecule has 1 rings (SSSR count). The van der Waals surface area contributed by atoms with E-state index in [0.717, 1.165) is 7.11 Å². The quantitative estimate of drug-likeness (QED) is 0.448. The van der Waals surface area contributed by atoms with Crippen LogP contribution in [-0.2, 0) is 20.7 Å². The van der Waals surface area contributed by atoms with Crippen LogP contribution in [0.15, 0.2) is 0 Å². The van der Waals surface area contributed by atoms with Gasteiger partial charge in [0.15, 0.2) is 17.4 Å². The summed E-state index contributed by atoms with van der Waals surface area (Å²) < 4.78 is 63.9. The first-order chi connectivity index (χ1) is 11.0. The molecular weight excluding hydrogens is 332 g/mol. The number of esters is 1. The van der Waals surface area contributed by atoms with E-state index in [1.165, 1.54) is 0 Å². The minimum Gasteiger partial charge on any atom is -0.491 e. The molecule has 0 bridgehead atoms. The van der Waals surface area contributed by atoms with E-state index in [1.54, 1.807) is 20.8 Å². The van der Waals surface area contributed by atoms with Gasteiger partial charge in [0, 0.05) is 18.4 Å². The molecule has 0 saturated heterocycles. The van der Waals surface area contributed by atoms with Crippen molar-refractivity contribution in [3.05, 3.63) is 28.8 Å². The van der Waals surface area contributed by atoms with Crippen LogP contribution in [0.5, 0.6) is 5.75 Å². The summed E-state index contributed by atoms with van der Waals surface area (Å²) in [6.07, 6.45) is -1.57. The number of rotatable bonds is 6. The van der Waals surface area contributed by atoms with E-state index in [9.17, 15) is 27.2 Å². The van der Waals surface area contributed by atoms with Gasteiger partial charge in [-0.3, -0.25) is 9.59 Å². The van der Waals surface area contributed by atoms with E-state index in [4.69, 9.17) is 4.74 Å². The average Bonchev–Trinajstić information content (AvgIpc) is 2.46. The molecule has 0 atom stereocenters. The molecule has 4 nitrogen and oxygen atoms in total.